The molecule has 8 atom stereocenters. The average molecular weight is 1240 g/mol. The van der Waals surface area contributed by atoms with E-state index in [4.69, 9.17) is 71.2 Å². The maximum atomic E-state index is 13.3. The number of rotatable bonds is 19. The van der Waals surface area contributed by atoms with E-state index < -0.39 is 79.4 Å². The molecule has 0 bridgehead atoms. The van der Waals surface area contributed by atoms with Gasteiger partial charge in [0.05, 0.1) is 54.0 Å². The highest BCUT2D eigenvalue weighted by atomic mass is 79.9. The minimum absolute atomic E-state index is 0.00802. The van der Waals surface area contributed by atoms with Gasteiger partial charge >= 0.3 is 15.2 Å². The summed E-state index contributed by atoms with van der Waals surface area (Å²) in [5.41, 5.74) is 10.7. The van der Waals surface area contributed by atoms with Crippen molar-refractivity contribution in [2.45, 2.75) is 146 Å². The molecule has 25 nitrogen and oxygen atoms in total. The second-order valence-corrected chi connectivity index (χ2v) is 26.3. The van der Waals surface area contributed by atoms with Crippen molar-refractivity contribution in [3.8, 4) is 0 Å². The number of methoxy groups -OCH3 is 2. The molecule has 4 aromatic heterocycles. The van der Waals surface area contributed by atoms with Crippen molar-refractivity contribution in [2.24, 2.45) is 0 Å². The first-order chi connectivity index (χ1) is 35.6. The van der Waals surface area contributed by atoms with Gasteiger partial charge in [-0.3, -0.25) is 13.3 Å². The average Bonchev–Trinajstić information content (AvgIpc) is 3.99. The van der Waals surface area contributed by atoms with Crippen LogP contribution in [0.3, 0.4) is 0 Å². The van der Waals surface area contributed by atoms with Gasteiger partial charge in [-0.2, -0.15) is 28.4 Å². The first kappa shape index (κ1) is 64.3. The minimum Gasteiger partial charge on any atom is -0.386 e. The summed E-state index contributed by atoms with van der Waals surface area (Å²) in [4.78, 5) is 24.5. The van der Waals surface area contributed by atoms with Crippen molar-refractivity contribution >= 4 is 98.7 Å². The number of halogens is 3. The molecule has 1 aromatic carbocycles. The van der Waals surface area contributed by atoms with Gasteiger partial charge in [0.25, 0.3) is 10.1 Å². The van der Waals surface area contributed by atoms with E-state index in [9.17, 15) is 32.9 Å². The molecular formula is C46H67BrCl2N10O15P2S. The summed E-state index contributed by atoms with van der Waals surface area (Å²) in [5.74, 6) is -0.0439. The Hall–Kier alpha value is -3.57. The molecule has 0 saturated heterocycles. The summed E-state index contributed by atoms with van der Waals surface area (Å²) in [6.45, 7) is 24.9. The van der Waals surface area contributed by atoms with Gasteiger partial charge in [-0.15, -0.1) is 0 Å². The fourth-order valence-corrected chi connectivity index (χ4v) is 14.5. The zero-order valence-electron chi connectivity index (χ0n) is 44.5. The monoisotopic (exact) mass is 1240 g/mol. The van der Waals surface area contributed by atoms with E-state index in [1.807, 2.05) is 0 Å². The van der Waals surface area contributed by atoms with Crippen molar-refractivity contribution in [1.82, 2.24) is 39.0 Å². The molecule has 0 aliphatic heterocycles. The van der Waals surface area contributed by atoms with E-state index in [0.29, 0.717) is 33.5 Å². The van der Waals surface area contributed by atoms with Crippen molar-refractivity contribution in [3.05, 3.63) is 76.0 Å². The summed E-state index contributed by atoms with van der Waals surface area (Å²) in [5, 5.41) is 32.8. The second kappa shape index (κ2) is 25.5. The number of nitrogen functional groups attached to an aromatic ring is 2. The molecule has 77 heavy (non-hydrogen) atoms. The van der Waals surface area contributed by atoms with Crippen molar-refractivity contribution < 1.29 is 69.4 Å². The highest BCUT2D eigenvalue weighted by molar-refractivity contribution is 9.10. The van der Waals surface area contributed by atoms with Crippen LogP contribution in [-0.2, 0) is 55.7 Å². The minimum atomic E-state index is -4.03. The molecule has 0 amide bonds. The molecule has 0 unspecified atom stereocenters. The summed E-state index contributed by atoms with van der Waals surface area (Å²) < 4.78 is 97.1. The Bertz CT molecular complexity index is 3080. The van der Waals surface area contributed by atoms with Crippen LogP contribution in [0.5, 0.6) is 0 Å². The molecule has 4 heterocycles. The molecule has 31 heteroatoms. The summed E-state index contributed by atoms with van der Waals surface area (Å²) in [6, 6.07) is 4.46. The van der Waals surface area contributed by atoms with Crippen LogP contribution in [0.25, 0.3) is 22.3 Å². The third-order valence-corrected chi connectivity index (χ3v) is 17.9. The van der Waals surface area contributed by atoms with E-state index >= 15 is 0 Å². The Kier molecular flexibility index (Phi) is 21.3. The number of aliphatic hydroxyl groups is 3. The van der Waals surface area contributed by atoms with Crippen LogP contribution >= 0.6 is 54.3 Å². The fourth-order valence-electron chi connectivity index (χ4n) is 8.84. The number of anilines is 2. The Labute approximate surface area is 465 Å². The van der Waals surface area contributed by atoms with Gasteiger partial charge in [-0.05, 0) is 105 Å². The predicted molar refractivity (Wildman–Crippen MR) is 292 cm³/mol. The van der Waals surface area contributed by atoms with E-state index in [1.54, 1.807) is 90.5 Å². The first-order valence-corrected chi connectivity index (χ1v) is 30.1. The number of aliphatic hydroxyl groups excluding tert-OH is 1. The van der Waals surface area contributed by atoms with Crippen molar-refractivity contribution in [3.63, 3.8) is 0 Å². The van der Waals surface area contributed by atoms with Crippen LogP contribution in [-0.4, -0.2) is 150 Å². The zero-order valence-corrected chi connectivity index (χ0v) is 50.2. The van der Waals surface area contributed by atoms with Gasteiger partial charge in [0.15, 0.2) is 27.9 Å². The first-order valence-electron chi connectivity index (χ1n) is 23.7. The number of imidazole rings is 2. The standard InChI is InChI=1S/C20H31ClN5O6P.C13H20BrO6PS.C13H16ClN5O3/c1-10(2)31-33(28,32-11(3)4)9-30-14-12(5)15(20(6,27)16(14)29-7)26-8-23-13-17(21)24-19(22)25-18(13)26;1-10(2)19-21(15,20-11(3)4)9-18-22(16,17)13-7-5-12(14)6-8-13;1-5-7(20)9(22-3)13(2,21)8(5)19-4-16-6-10(14)17-12(15)18-11(6)19/h8,10-11,14-16,27H,5,9H2,1-4,6-7H3,(H2,22,24,25);5-8,10-11H,9H2,1-4H3;4,7-9,20-21H,1H2,2-3H3,(H2,15,17,18)/t14-,15+,16+,20-;;7-,8+,9+,13-/m0.0/s1. The molecule has 5 aromatic rings. The van der Waals surface area contributed by atoms with Gasteiger partial charge < -0.3 is 68.2 Å². The molecule has 7 N–H and O–H groups in total. The van der Waals surface area contributed by atoms with Crippen LogP contribution in [0.2, 0.25) is 10.3 Å². The third kappa shape index (κ3) is 14.9. The predicted octanol–water partition coefficient (Wildman–Crippen LogP) is 7.78. The van der Waals surface area contributed by atoms with Crippen molar-refractivity contribution in [2.75, 3.05) is 38.4 Å². The quantitative estimate of drug-likeness (QED) is 0.0228. The molecule has 2 saturated carbocycles. The van der Waals surface area contributed by atoms with Crippen molar-refractivity contribution in [1.29, 1.82) is 0 Å². The van der Waals surface area contributed by atoms with Gasteiger partial charge in [-0.25, -0.2) is 9.97 Å². The normalized spacial score (nSPS) is 24.1. The smallest absolute Gasteiger partial charge is 0.358 e. The summed E-state index contributed by atoms with van der Waals surface area (Å²) >= 11 is 15.4. The van der Waals surface area contributed by atoms with Gasteiger partial charge in [0.1, 0.15) is 53.0 Å². The molecule has 7 rings (SSSR count). The number of benzene rings is 1. The van der Waals surface area contributed by atoms with E-state index in [2.05, 4.69) is 59.0 Å². The zero-order chi connectivity index (χ0) is 57.9. The molecule has 2 aliphatic rings. The van der Waals surface area contributed by atoms with E-state index in [-0.39, 0.29) is 57.9 Å². The Morgan fingerprint density at radius 2 is 1.09 bits per heavy atom. The Morgan fingerprint density at radius 3 is 1.48 bits per heavy atom. The Balaban J connectivity index is 0.000000220. The Morgan fingerprint density at radius 1 is 0.701 bits per heavy atom. The third-order valence-electron chi connectivity index (χ3n) is 11.5. The van der Waals surface area contributed by atoms with Crippen LogP contribution in [0.1, 0.15) is 81.3 Å². The van der Waals surface area contributed by atoms with E-state index in [0.717, 1.165) is 4.47 Å². The molecule has 2 fully saturated rings. The number of fused-ring (bicyclic) bond motifs is 2. The number of hydrogen-bond acceptors (Lipinski definition) is 23. The molecular weight excluding hydrogens is 1180 g/mol. The number of nitrogens with two attached hydrogens (primary N) is 2. The highest BCUT2D eigenvalue weighted by Crippen LogP contribution is 2.54. The molecule has 428 valence electrons. The topological polar surface area (TPSA) is 342 Å². The van der Waals surface area contributed by atoms with Gasteiger partial charge in [0.2, 0.25) is 11.9 Å². The van der Waals surface area contributed by atoms with Gasteiger partial charge in [-0.1, -0.05) is 52.3 Å². The lowest BCUT2D eigenvalue weighted by Crippen LogP contribution is -2.45. The van der Waals surface area contributed by atoms with Crippen LogP contribution in [0.15, 0.2) is 70.6 Å². The highest BCUT2D eigenvalue weighted by Gasteiger charge is 2.57. The van der Waals surface area contributed by atoms with E-state index in [1.165, 1.54) is 39.0 Å². The van der Waals surface area contributed by atoms with Crippen LogP contribution in [0.4, 0.5) is 11.9 Å². The second-order valence-electron chi connectivity index (χ2n) is 19.3. The molecule has 2 aliphatic carbocycles. The molecule has 0 radical (unpaired) electrons. The van der Waals surface area contributed by atoms with Gasteiger partial charge in [0, 0.05) is 18.7 Å². The number of nitrogens with zero attached hydrogens (tertiary/aromatic N) is 8. The lowest BCUT2D eigenvalue weighted by atomic mass is 9.97. The maximum absolute atomic E-state index is 13.3. The lowest BCUT2D eigenvalue weighted by Gasteiger charge is -2.31. The SMILES string of the molecule is C=C1[C@H](O)[C@@H](OC)[C@@](C)(O)[C@@H]1n1cnc2c(Cl)nc(N)nc21.C=C1[C@H](OCP(=O)(OC(C)C)OC(C)C)[C@@H](OC)[C@@](C)(O)[C@@H]1n1cnc2c(Cl)nc(N)nc21.CC(C)OP(=O)(COS(=O)(=O)c1ccc(Br)cc1)OC(C)C. The number of aromatic nitrogens is 8. The maximum Gasteiger partial charge on any atom is 0.358 e. The summed E-state index contributed by atoms with van der Waals surface area (Å²) in [7, 11) is -8.43. The summed E-state index contributed by atoms with van der Waals surface area (Å²) in [6.07, 6.45) is -3.06. The molecule has 0 spiro atoms. The largest absolute Gasteiger partial charge is 0.386 e. The number of hydrogen-bond donors (Lipinski definition) is 5. The number of ether oxygens (including phenoxy) is 3. The lowest BCUT2D eigenvalue weighted by molar-refractivity contribution is -0.117. The fraction of sp³-hybridized carbons (Fsp3) is 0.565. The van der Waals surface area contributed by atoms with Crippen LogP contribution in [0, 0.1) is 0 Å². The van der Waals surface area contributed by atoms with Crippen LogP contribution < -0.4 is 11.5 Å².